The molecular weight excluding hydrogens is 355 g/mol. The van der Waals surface area contributed by atoms with Gasteiger partial charge in [-0.2, -0.15) is 0 Å². The van der Waals surface area contributed by atoms with Crippen LogP contribution in [0.4, 0.5) is 0 Å². The Kier molecular flexibility index (Phi) is 16.7. The maximum atomic E-state index is 5.85. The van der Waals surface area contributed by atoms with Crippen molar-refractivity contribution in [2.45, 2.75) is 99.0 Å². The van der Waals surface area contributed by atoms with Gasteiger partial charge in [-0.15, -0.1) is 0 Å². The van der Waals surface area contributed by atoms with Gasteiger partial charge in [-0.1, -0.05) is 0 Å². The SMILES string of the molecule is CCCCCCCCCCC[CH2][SnH][CH]1CCCCO1.O. The molecule has 1 atom stereocenters. The summed E-state index contributed by atoms with van der Waals surface area (Å²) >= 11 is -0.362. The molecule has 2 nitrogen and oxygen atoms in total. The quantitative estimate of drug-likeness (QED) is 0.357. The molecule has 1 fully saturated rings. The third-order valence-corrected chi connectivity index (χ3v) is 9.32. The van der Waals surface area contributed by atoms with Crippen LogP contribution in [0.25, 0.3) is 0 Å². The Hall–Kier alpha value is 0.719. The molecule has 0 aromatic heterocycles. The molecule has 1 radical (unpaired) electrons. The fourth-order valence-corrected chi connectivity index (χ4v) is 7.57. The van der Waals surface area contributed by atoms with E-state index in [1.807, 2.05) is 0 Å². The molecule has 1 saturated heterocycles. The van der Waals surface area contributed by atoms with Crippen molar-refractivity contribution < 1.29 is 10.2 Å². The Bertz CT molecular complexity index is 182. The van der Waals surface area contributed by atoms with Crippen LogP contribution in [0.5, 0.6) is 0 Å². The molecule has 0 saturated carbocycles. The van der Waals surface area contributed by atoms with Gasteiger partial charge in [-0.05, 0) is 0 Å². The molecule has 1 heterocycles. The molecule has 0 aromatic carbocycles. The van der Waals surface area contributed by atoms with E-state index in [0.717, 1.165) is 10.7 Å². The van der Waals surface area contributed by atoms with Gasteiger partial charge in [0.1, 0.15) is 0 Å². The monoisotopic (exact) mass is 393 g/mol. The van der Waals surface area contributed by atoms with Crippen molar-refractivity contribution in [1.82, 2.24) is 0 Å². The average Bonchev–Trinajstić information content (AvgIpc) is 2.46. The molecular formula is C17H37O2Sn. The normalized spacial score (nSPS) is 18.8. The Labute approximate surface area is 137 Å². The van der Waals surface area contributed by atoms with Gasteiger partial charge < -0.3 is 5.48 Å². The number of unbranched alkanes of at least 4 members (excludes halogenated alkanes) is 9. The minimum atomic E-state index is -0.362. The molecule has 0 amide bonds. The van der Waals surface area contributed by atoms with Crippen molar-refractivity contribution in [3.05, 3.63) is 0 Å². The molecule has 1 rings (SSSR count). The minimum absolute atomic E-state index is 0. The van der Waals surface area contributed by atoms with Crippen LogP contribution in [0.1, 0.15) is 90.4 Å². The fourth-order valence-electron chi connectivity index (χ4n) is 2.89. The molecule has 0 aliphatic carbocycles. The maximum Gasteiger partial charge on any atom is -0.412 e. The second-order valence-electron chi connectivity index (χ2n) is 6.11. The third kappa shape index (κ3) is 12.5. The van der Waals surface area contributed by atoms with Gasteiger partial charge in [-0.25, -0.2) is 0 Å². The largest absolute Gasteiger partial charge is 0.412 e. The van der Waals surface area contributed by atoms with Gasteiger partial charge in [0.25, 0.3) is 0 Å². The number of ether oxygens (including phenoxy) is 1. The zero-order valence-corrected chi connectivity index (χ0v) is 17.0. The zero-order chi connectivity index (χ0) is 13.6. The molecule has 0 bridgehead atoms. The van der Waals surface area contributed by atoms with Crippen molar-refractivity contribution in [1.29, 1.82) is 0 Å². The van der Waals surface area contributed by atoms with Crippen LogP contribution in [0.2, 0.25) is 4.44 Å². The number of rotatable bonds is 12. The predicted octanol–water partition coefficient (Wildman–Crippen LogP) is 4.46. The van der Waals surface area contributed by atoms with Gasteiger partial charge >= 0.3 is 131 Å². The van der Waals surface area contributed by atoms with E-state index in [2.05, 4.69) is 6.92 Å². The van der Waals surface area contributed by atoms with E-state index in [1.54, 1.807) is 4.44 Å². The Balaban J connectivity index is 0.00000361. The van der Waals surface area contributed by atoms with Crippen LogP contribution >= 0.6 is 0 Å². The molecule has 0 spiro atoms. The van der Waals surface area contributed by atoms with Gasteiger partial charge in [0, 0.05) is 0 Å². The topological polar surface area (TPSA) is 40.7 Å². The summed E-state index contributed by atoms with van der Waals surface area (Å²) in [6.07, 6.45) is 18.8. The van der Waals surface area contributed by atoms with Crippen molar-refractivity contribution >= 4 is 21.1 Å². The van der Waals surface area contributed by atoms with E-state index >= 15 is 0 Å². The molecule has 1 aliphatic heterocycles. The molecule has 0 aromatic rings. The summed E-state index contributed by atoms with van der Waals surface area (Å²) in [6, 6.07) is 0. The number of hydrogen-bond donors (Lipinski definition) is 0. The third-order valence-electron chi connectivity index (χ3n) is 4.20. The van der Waals surface area contributed by atoms with Crippen LogP contribution in [0.15, 0.2) is 0 Å². The molecule has 121 valence electrons. The molecule has 1 aliphatic rings. The van der Waals surface area contributed by atoms with Crippen molar-refractivity contribution in [2.24, 2.45) is 0 Å². The summed E-state index contributed by atoms with van der Waals surface area (Å²) < 4.78 is 8.23. The average molecular weight is 392 g/mol. The van der Waals surface area contributed by atoms with Gasteiger partial charge in [0.15, 0.2) is 0 Å². The van der Waals surface area contributed by atoms with Crippen molar-refractivity contribution in [3.8, 4) is 0 Å². The predicted molar refractivity (Wildman–Crippen MR) is 91.0 cm³/mol. The van der Waals surface area contributed by atoms with E-state index in [0.29, 0.717) is 0 Å². The molecule has 3 heteroatoms. The first kappa shape index (κ1) is 20.7. The summed E-state index contributed by atoms with van der Waals surface area (Å²) in [7, 11) is 0. The Morgan fingerprint density at radius 1 is 0.850 bits per heavy atom. The van der Waals surface area contributed by atoms with Crippen LogP contribution in [-0.2, 0) is 4.74 Å². The Morgan fingerprint density at radius 2 is 1.45 bits per heavy atom. The van der Waals surface area contributed by atoms with Crippen LogP contribution in [-0.4, -0.2) is 37.3 Å². The minimum Gasteiger partial charge on any atom is -0.412 e. The van der Waals surface area contributed by atoms with Crippen LogP contribution in [0, 0.1) is 0 Å². The van der Waals surface area contributed by atoms with E-state index in [1.165, 1.54) is 83.5 Å². The van der Waals surface area contributed by atoms with E-state index in [-0.39, 0.29) is 26.6 Å². The summed E-state index contributed by atoms with van der Waals surface area (Å²) in [4.78, 5) is 0. The van der Waals surface area contributed by atoms with Crippen molar-refractivity contribution in [2.75, 3.05) is 6.61 Å². The first-order valence-electron chi connectivity index (χ1n) is 8.88. The summed E-state index contributed by atoms with van der Waals surface area (Å²) in [5.41, 5.74) is 0. The zero-order valence-electron chi connectivity index (χ0n) is 13.7. The summed E-state index contributed by atoms with van der Waals surface area (Å²) in [5, 5.41) is 0. The second-order valence-corrected chi connectivity index (χ2v) is 11.2. The molecule has 2 N–H and O–H groups in total. The van der Waals surface area contributed by atoms with E-state index in [4.69, 9.17) is 4.74 Å². The second kappa shape index (κ2) is 16.1. The first-order valence-corrected chi connectivity index (χ1v) is 13.1. The van der Waals surface area contributed by atoms with Crippen LogP contribution in [0.3, 0.4) is 0 Å². The van der Waals surface area contributed by atoms with Gasteiger partial charge in [0.2, 0.25) is 0 Å². The smallest absolute Gasteiger partial charge is 0.412 e. The fraction of sp³-hybridized carbons (Fsp3) is 1.00. The standard InChI is InChI=1S/C12H25.C5H9O.H2O.Sn.H/c1-3-5-7-9-11-12-10-8-6-4-2;1-2-4-6-5-3-1;;;/h1,3-12H2,2H3;4H,1-3,5H2;1H2;;. The van der Waals surface area contributed by atoms with E-state index in [9.17, 15) is 0 Å². The van der Waals surface area contributed by atoms with Crippen molar-refractivity contribution in [3.63, 3.8) is 0 Å². The van der Waals surface area contributed by atoms with E-state index < -0.39 is 0 Å². The Morgan fingerprint density at radius 3 is 2.00 bits per heavy atom. The molecule has 20 heavy (non-hydrogen) atoms. The maximum absolute atomic E-state index is 5.85. The summed E-state index contributed by atoms with van der Waals surface area (Å²) in [5.74, 6) is 0. The van der Waals surface area contributed by atoms with Gasteiger partial charge in [0.05, 0.1) is 0 Å². The molecule has 1 unspecified atom stereocenters. The first-order chi connectivity index (χ1) is 9.43. The van der Waals surface area contributed by atoms with Gasteiger partial charge in [-0.3, -0.25) is 0 Å². The number of hydrogen-bond acceptors (Lipinski definition) is 1. The summed E-state index contributed by atoms with van der Waals surface area (Å²) in [6.45, 7) is 3.36. The van der Waals surface area contributed by atoms with Crippen LogP contribution < -0.4 is 0 Å².